The van der Waals surface area contributed by atoms with Gasteiger partial charge in [0.1, 0.15) is 0 Å². The third kappa shape index (κ3) is 6.05. The van der Waals surface area contributed by atoms with Crippen molar-refractivity contribution >= 4 is 0 Å². The second-order valence-electron chi connectivity index (χ2n) is 3.65. The Hall–Kier alpha value is -0.0800. The first-order valence-corrected chi connectivity index (χ1v) is 3.85. The van der Waals surface area contributed by atoms with Crippen molar-refractivity contribution in [3.8, 4) is 0 Å². The molecular formula is C8H20N2. The normalized spacial score (nSPS) is 12.0. The van der Waals surface area contributed by atoms with E-state index in [4.69, 9.17) is 0 Å². The average molecular weight is 144 g/mol. The van der Waals surface area contributed by atoms with Crippen molar-refractivity contribution in [2.24, 2.45) is 5.92 Å². The van der Waals surface area contributed by atoms with Crippen LogP contribution in [0.5, 0.6) is 0 Å². The molecule has 2 heteroatoms. The molecule has 0 rings (SSSR count). The Kier molecular flexibility index (Phi) is 4.65. The van der Waals surface area contributed by atoms with Crippen LogP contribution in [0.4, 0.5) is 0 Å². The maximum Gasteiger partial charge on any atom is 0.0498 e. The fourth-order valence-electron chi connectivity index (χ4n) is 1.16. The molecule has 0 unspecified atom stereocenters. The van der Waals surface area contributed by atoms with Gasteiger partial charge < -0.3 is 0 Å². The van der Waals surface area contributed by atoms with Crippen LogP contribution in [0.3, 0.4) is 0 Å². The largest absolute Gasteiger partial charge is 0.297 e. The van der Waals surface area contributed by atoms with Crippen molar-refractivity contribution < 1.29 is 0 Å². The number of nitrogens with zero attached hydrogens (tertiary/aromatic N) is 2. The predicted octanol–water partition coefficient (Wildman–Crippen LogP) is 1.09. The highest BCUT2D eigenvalue weighted by Gasteiger charge is 2.00. The van der Waals surface area contributed by atoms with Crippen LogP contribution in [0.15, 0.2) is 0 Å². The number of rotatable bonds is 4. The van der Waals surface area contributed by atoms with E-state index in [1.807, 2.05) is 0 Å². The summed E-state index contributed by atoms with van der Waals surface area (Å²) in [6.07, 6.45) is 0. The van der Waals surface area contributed by atoms with Gasteiger partial charge in [-0.05, 0) is 27.1 Å². The maximum absolute atomic E-state index is 2.32. The molecule has 0 aliphatic heterocycles. The zero-order valence-electron chi connectivity index (χ0n) is 7.89. The molecule has 2 nitrogen and oxygen atoms in total. The minimum absolute atomic E-state index is 0.768. The highest BCUT2D eigenvalue weighted by molar-refractivity contribution is 4.52. The van der Waals surface area contributed by atoms with E-state index in [2.05, 4.69) is 44.8 Å². The van der Waals surface area contributed by atoms with E-state index in [1.165, 1.54) is 6.54 Å². The third-order valence-corrected chi connectivity index (χ3v) is 1.20. The molecule has 0 bridgehead atoms. The molecule has 0 aliphatic carbocycles. The molecule has 0 aromatic rings. The summed E-state index contributed by atoms with van der Waals surface area (Å²) in [5.74, 6) is 0.768. The SMILES string of the molecule is CC(C)CN(C)CN(C)C. The van der Waals surface area contributed by atoms with E-state index in [-0.39, 0.29) is 0 Å². The van der Waals surface area contributed by atoms with Crippen LogP contribution in [0.2, 0.25) is 0 Å². The van der Waals surface area contributed by atoms with Crippen molar-refractivity contribution in [2.45, 2.75) is 13.8 Å². The van der Waals surface area contributed by atoms with Gasteiger partial charge in [-0.15, -0.1) is 0 Å². The first-order chi connectivity index (χ1) is 4.52. The molecule has 0 amide bonds. The molecule has 0 saturated carbocycles. The fraction of sp³-hybridized carbons (Fsp3) is 1.00. The number of hydrogen-bond donors (Lipinski definition) is 0. The van der Waals surface area contributed by atoms with Crippen molar-refractivity contribution in [3.63, 3.8) is 0 Å². The predicted molar refractivity (Wildman–Crippen MR) is 46.0 cm³/mol. The summed E-state index contributed by atoms with van der Waals surface area (Å²) in [5, 5.41) is 0. The first kappa shape index (κ1) is 9.92. The Bertz CT molecular complexity index is 69.3. The van der Waals surface area contributed by atoms with E-state index in [0.717, 1.165) is 12.6 Å². The lowest BCUT2D eigenvalue weighted by molar-refractivity contribution is 0.193. The molecular weight excluding hydrogens is 124 g/mol. The summed E-state index contributed by atoms with van der Waals surface area (Å²) in [6, 6.07) is 0. The van der Waals surface area contributed by atoms with Crippen LogP contribution in [0.25, 0.3) is 0 Å². The van der Waals surface area contributed by atoms with Gasteiger partial charge in [-0.2, -0.15) is 0 Å². The van der Waals surface area contributed by atoms with E-state index < -0.39 is 0 Å². The van der Waals surface area contributed by atoms with Crippen molar-refractivity contribution in [3.05, 3.63) is 0 Å². The van der Waals surface area contributed by atoms with Crippen molar-refractivity contribution in [2.75, 3.05) is 34.4 Å². The molecule has 0 aliphatic rings. The van der Waals surface area contributed by atoms with Gasteiger partial charge in [-0.1, -0.05) is 13.8 Å². The van der Waals surface area contributed by atoms with Crippen LogP contribution < -0.4 is 0 Å². The second kappa shape index (κ2) is 4.69. The second-order valence-corrected chi connectivity index (χ2v) is 3.65. The Balaban J connectivity index is 3.34. The van der Waals surface area contributed by atoms with E-state index in [0.29, 0.717) is 0 Å². The quantitative estimate of drug-likeness (QED) is 0.545. The number of hydrogen-bond acceptors (Lipinski definition) is 2. The standard InChI is InChI=1S/C8H20N2/c1-8(2)6-10(5)7-9(3)4/h8H,6-7H2,1-5H3. The first-order valence-electron chi connectivity index (χ1n) is 3.85. The van der Waals surface area contributed by atoms with Crippen molar-refractivity contribution in [1.29, 1.82) is 0 Å². The zero-order chi connectivity index (χ0) is 8.15. The molecule has 0 aromatic heterocycles. The molecule has 0 saturated heterocycles. The van der Waals surface area contributed by atoms with E-state index >= 15 is 0 Å². The van der Waals surface area contributed by atoms with Crippen molar-refractivity contribution in [1.82, 2.24) is 9.80 Å². The van der Waals surface area contributed by atoms with Crippen LogP contribution in [-0.4, -0.2) is 44.2 Å². The van der Waals surface area contributed by atoms with Crippen LogP contribution >= 0.6 is 0 Å². The topological polar surface area (TPSA) is 6.48 Å². The van der Waals surface area contributed by atoms with Gasteiger partial charge in [0.25, 0.3) is 0 Å². The molecule has 0 N–H and O–H groups in total. The monoisotopic (exact) mass is 144 g/mol. The van der Waals surface area contributed by atoms with Gasteiger partial charge in [0.15, 0.2) is 0 Å². The fourth-order valence-corrected chi connectivity index (χ4v) is 1.16. The zero-order valence-corrected chi connectivity index (χ0v) is 7.89. The Morgan fingerprint density at radius 2 is 1.60 bits per heavy atom. The van der Waals surface area contributed by atoms with Crippen LogP contribution in [-0.2, 0) is 0 Å². The molecule has 0 aromatic carbocycles. The molecule has 0 fully saturated rings. The summed E-state index contributed by atoms with van der Waals surface area (Å²) >= 11 is 0. The highest BCUT2D eigenvalue weighted by atomic mass is 15.3. The summed E-state index contributed by atoms with van der Waals surface area (Å²) in [4.78, 5) is 4.51. The Labute approximate surface area is 64.8 Å². The molecule has 0 radical (unpaired) electrons. The summed E-state index contributed by atoms with van der Waals surface area (Å²) in [7, 11) is 6.34. The Morgan fingerprint density at radius 1 is 1.10 bits per heavy atom. The minimum Gasteiger partial charge on any atom is -0.297 e. The molecule has 10 heavy (non-hydrogen) atoms. The molecule has 0 atom stereocenters. The van der Waals surface area contributed by atoms with Crippen LogP contribution in [0.1, 0.15) is 13.8 Å². The lowest BCUT2D eigenvalue weighted by atomic mass is 10.2. The molecule has 62 valence electrons. The molecule has 0 heterocycles. The lowest BCUT2D eigenvalue weighted by Crippen LogP contribution is -2.32. The van der Waals surface area contributed by atoms with Crippen LogP contribution in [0, 0.1) is 5.92 Å². The van der Waals surface area contributed by atoms with Gasteiger partial charge in [-0.3, -0.25) is 9.80 Å². The van der Waals surface area contributed by atoms with Gasteiger partial charge in [0.2, 0.25) is 0 Å². The van der Waals surface area contributed by atoms with Gasteiger partial charge in [-0.25, -0.2) is 0 Å². The highest BCUT2D eigenvalue weighted by Crippen LogP contribution is 1.95. The molecule has 0 spiro atoms. The van der Waals surface area contributed by atoms with Gasteiger partial charge in [0, 0.05) is 13.2 Å². The average Bonchev–Trinajstić information content (AvgIpc) is 1.58. The van der Waals surface area contributed by atoms with E-state index in [1.54, 1.807) is 0 Å². The Morgan fingerprint density at radius 3 is 1.90 bits per heavy atom. The van der Waals surface area contributed by atoms with Gasteiger partial charge in [0.05, 0.1) is 0 Å². The summed E-state index contributed by atoms with van der Waals surface area (Å²) in [6.45, 7) is 6.72. The summed E-state index contributed by atoms with van der Waals surface area (Å²) in [5.41, 5.74) is 0. The minimum atomic E-state index is 0.768. The van der Waals surface area contributed by atoms with Gasteiger partial charge >= 0.3 is 0 Å². The maximum atomic E-state index is 2.32. The lowest BCUT2D eigenvalue weighted by Gasteiger charge is -2.22. The van der Waals surface area contributed by atoms with E-state index in [9.17, 15) is 0 Å². The third-order valence-electron chi connectivity index (χ3n) is 1.20. The smallest absolute Gasteiger partial charge is 0.0498 e. The summed E-state index contributed by atoms with van der Waals surface area (Å²) < 4.78 is 0.